The normalized spacial score (nSPS) is 17.5. The number of guanidine groups is 1. The maximum atomic E-state index is 11.5. The van der Waals surface area contributed by atoms with Gasteiger partial charge in [-0.05, 0) is 20.8 Å². The maximum absolute atomic E-state index is 11.5. The van der Waals surface area contributed by atoms with E-state index in [9.17, 15) is 8.42 Å². The molecule has 1 saturated heterocycles. The van der Waals surface area contributed by atoms with Gasteiger partial charge in [0.1, 0.15) is 6.26 Å². The summed E-state index contributed by atoms with van der Waals surface area (Å²) in [6.45, 7) is 11.1. The van der Waals surface area contributed by atoms with Crippen LogP contribution in [0, 0.1) is 0 Å². The van der Waals surface area contributed by atoms with Gasteiger partial charge in [0.25, 0.3) is 0 Å². The van der Waals surface area contributed by atoms with Crippen molar-refractivity contribution in [2.24, 2.45) is 4.99 Å². The molecule has 0 radical (unpaired) electrons. The van der Waals surface area contributed by atoms with E-state index in [2.05, 4.69) is 30.0 Å². The third kappa shape index (κ3) is 6.93. The van der Waals surface area contributed by atoms with Crippen molar-refractivity contribution in [3.8, 4) is 0 Å². The summed E-state index contributed by atoms with van der Waals surface area (Å²) in [6, 6.07) is 1.88. The van der Waals surface area contributed by atoms with Crippen LogP contribution in [0.25, 0.3) is 0 Å². The lowest BCUT2D eigenvalue weighted by Crippen LogP contribution is -2.53. The number of aliphatic imine (C=N–C) groups is 1. The summed E-state index contributed by atoms with van der Waals surface area (Å²) in [5, 5.41) is 7.26. The zero-order chi connectivity index (χ0) is 19.2. The van der Waals surface area contributed by atoms with Gasteiger partial charge in [-0.2, -0.15) is 0 Å². The Hall–Kier alpha value is -1.65. The van der Waals surface area contributed by atoms with Crippen molar-refractivity contribution < 1.29 is 12.9 Å². The number of hydrogen-bond donors (Lipinski definition) is 2. The van der Waals surface area contributed by atoms with E-state index < -0.39 is 15.6 Å². The monoisotopic (exact) mass is 386 g/mol. The van der Waals surface area contributed by atoms with Gasteiger partial charge >= 0.3 is 0 Å². The van der Waals surface area contributed by atoms with Gasteiger partial charge in [0, 0.05) is 50.9 Å². The molecule has 2 heterocycles. The zero-order valence-electron chi connectivity index (χ0n) is 16.0. The van der Waals surface area contributed by atoms with Gasteiger partial charge in [-0.3, -0.25) is 9.89 Å². The molecule has 1 aromatic rings. The van der Waals surface area contributed by atoms with Gasteiger partial charge < -0.3 is 14.7 Å². The summed E-state index contributed by atoms with van der Waals surface area (Å²) in [5.74, 6) is 0.817. The SMILES string of the molecule is CCNC(=NCC(C)(C)NS(C)(=O)=O)N1CCN(Cc2ccon2)CC1. The van der Waals surface area contributed by atoms with Gasteiger partial charge in [-0.1, -0.05) is 5.16 Å². The van der Waals surface area contributed by atoms with Crippen LogP contribution in [0.4, 0.5) is 0 Å². The first-order chi connectivity index (χ1) is 12.2. The molecule has 0 amide bonds. The van der Waals surface area contributed by atoms with Crippen molar-refractivity contribution in [2.75, 3.05) is 45.5 Å². The second-order valence-electron chi connectivity index (χ2n) is 7.18. The Morgan fingerprint density at radius 1 is 1.35 bits per heavy atom. The fourth-order valence-corrected chi connectivity index (χ4v) is 3.97. The molecule has 2 N–H and O–H groups in total. The standard InChI is InChI=1S/C16H30N6O3S/c1-5-17-15(18-13-16(2,3)20-26(4,23)24)22-9-7-21(8-10-22)12-14-6-11-25-19-14/h6,11,20H,5,7-10,12-13H2,1-4H3,(H,17,18). The van der Waals surface area contributed by atoms with Gasteiger partial charge in [-0.15, -0.1) is 0 Å². The molecule has 0 saturated carbocycles. The van der Waals surface area contributed by atoms with E-state index in [0.717, 1.165) is 57.2 Å². The summed E-state index contributed by atoms with van der Waals surface area (Å²) in [5.41, 5.74) is 0.302. The summed E-state index contributed by atoms with van der Waals surface area (Å²) in [7, 11) is -3.27. The van der Waals surface area contributed by atoms with Crippen LogP contribution >= 0.6 is 0 Å². The number of hydrogen-bond acceptors (Lipinski definition) is 6. The Morgan fingerprint density at radius 3 is 2.58 bits per heavy atom. The highest BCUT2D eigenvalue weighted by Crippen LogP contribution is 2.09. The van der Waals surface area contributed by atoms with Crippen molar-refractivity contribution in [1.82, 2.24) is 25.0 Å². The predicted octanol–water partition coefficient (Wildman–Crippen LogP) is 0.0855. The smallest absolute Gasteiger partial charge is 0.209 e. The van der Waals surface area contributed by atoms with Crippen LogP contribution in [0.2, 0.25) is 0 Å². The third-order valence-corrected chi connectivity index (χ3v) is 4.89. The topological polar surface area (TPSA) is 103 Å². The third-order valence-electron chi connectivity index (χ3n) is 3.97. The second kappa shape index (κ2) is 8.83. The highest BCUT2D eigenvalue weighted by molar-refractivity contribution is 7.88. The largest absolute Gasteiger partial charge is 0.364 e. The van der Waals surface area contributed by atoms with Crippen LogP contribution in [0.5, 0.6) is 0 Å². The average molecular weight is 387 g/mol. The first kappa shape index (κ1) is 20.7. The number of piperazine rings is 1. The number of aromatic nitrogens is 1. The van der Waals surface area contributed by atoms with E-state index in [1.165, 1.54) is 0 Å². The van der Waals surface area contributed by atoms with E-state index in [0.29, 0.717) is 6.54 Å². The van der Waals surface area contributed by atoms with Crippen LogP contribution in [0.15, 0.2) is 21.8 Å². The molecule has 0 aromatic carbocycles. The average Bonchev–Trinajstić information content (AvgIpc) is 3.03. The molecule has 2 rings (SSSR count). The first-order valence-electron chi connectivity index (χ1n) is 8.82. The Bertz CT molecular complexity index is 679. The second-order valence-corrected chi connectivity index (χ2v) is 8.93. The molecular formula is C16H30N6O3S. The number of sulfonamides is 1. The molecule has 0 aliphatic carbocycles. The lowest BCUT2D eigenvalue weighted by atomic mass is 10.1. The first-order valence-corrected chi connectivity index (χ1v) is 10.7. The van der Waals surface area contributed by atoms with Crippen molar-refractivity contribution in [1.29, 1.82) is 0 Å². The summed E-state index contributed by atoms with van der Waals surface area (Å²) >= 11 is 0. The van der Waals surface area contributed by atoms with E-state index in [4.69, 9.17) is 4.52 Å². The molecule has 0 bridgehead atoms. The molecule has 1 fully saturated rings. The molecule has 1 aliphatic rings. The van der Waals surface area contributed by atoms with Crippen LogP contribution in [-0.2, 0) is 16.6 Å². The van der Waals surface area contributed by atoms with Gasteiger partial charge in [0.15, 0.2) is 5.96 Å². The highest BCUT2D eigenvalue weighted by Gasteiger charge is 2.24. The molecule has 1 aliphatic heterocycles. The molecule has 148 valence electrons. The molecule has 1 aromatic heterocycles. The summed E-state index contributed by atoms with van der Waals surface area (Å²) < 4.78 is 30.5. The predicted molar refractivity (Wildman–Crippen MR) is 101 cm³/mol. The minimum absolute atomic E-state index is 0.363. The van der Waals surface area contributed by atoms with Crippen molar-refractivity contribution in [3.05, 3.63) is 18.0 Å². The Kier molecular flexibility index (Phi) is 7.01. The molecule has 0 unspecified atom stereocenters. The van der Waals surface area contributed by atoms with Crippen LogP contribution in [0.1, 0.15) is 26.5 Å². The lowest BCUT2D eigenvalue weighted by molar-refractivity contribution is 0.169. The summed E-state index contributed by atoms with van der Waals surface area (Å²) in [4.78, 5) is 9.19. The summed E-state index contributed by atoms with van der Waals surface area (Å²) in [6.07, 6.45) is 2.76. The van der Waals surface area contributed by atoms with E-state index in [1.54, 1.807) is 6.26 Å². The Labute approximate surface area is 155 Å². The molecular weight excluding hydrogens is 356 g/mol. The van der Waals surface area contributed by atoms with E-state index >= 15 is 0 Å². The quantitative estimate of drug-likeness (QED) is 0.505. The van der Waals surface area contributed by atoms with Gasteiger partial charge in [0.2, 0.25) is 10.0 Å². The van der Waals surface area contributed by atoms with E-state index in [1.807, 2.05) is 26.8 Å². The molecule has 26 heavy (non-hydrogen) atoms. The lowest BCUT2D eigenvalue weighted by Gasteiger charge is -2.36. The highest BCUT2D eigenvalue weighted by atomic mass is 32.2. The zero-order valence-corrected chi connectivity index (χ0v) is 16.8. The Balaban J connectivity index is 1.92. The molecule has 0 atom stereocenters. The molecule has 10 heteroatoms. The minimum Gasteiger partial charge on any atom is -0.364 e. The number of nitrogens with one attached hydrogen (secondary N) is 2. The fourth-order valence-electron chi connectivity index (χ4n) is 2.90. The number of nitrogens with zero attached hydrogens (tertiary/aromatic N) is 4. The van der Waals surface area contributed by atoms with Crippen LogP contribution in [0.3, 0.4) is 0 Å². The van der Waals surface area contributed by atoms with E-state index in [-0.39, 0.29) is 0 Å². The van der Waals surface area contributed by atoms with Crippen molar-refractivity contribution in [3.63, 3.8) is 0 Å². The van der Waals surface area contributed by atoms with Crippen molar-refractivity contribution >= 4 is 16.0 Å². The van der Waals surface area contributed by atoms with Crippen molar-refractivity contribution in [2.45, 2.75) is 32.9 Å². The fraction of sp³-hybridized carbons (Fsp3) is 0.750. The van der Waals surface area contributed by atoms with Gasteiger partial charge in [-0.25, -0.2) is 13.1 Å². The Morgan fingerprint density at radius 2 is 2.04 bits per heavy atom. The van der Waals surface area contributed by atoms with Gasteiger partial charge in [0.05, 0.1) is 18.5 Å². The van der Waals surface area contributed by atoms with Crippen LogP contribution in [-0.4, -0.2) is 80.4 Å². The number of rotatable bonds is 7. The maximum Gasteiger partial charge on any atom is 0.209 e. The van der Waals surface area contributed by atoms with Crippen LogP contribution < -0.4 is 10.0 Å². The molecule has 0 spiro atoms. The molecule has 9 nitrogen and oxygen atoms in total. The minimum atomic E-state index is -3.27.